The van der Waals surface area contributed by atoms with Crippen molar-refractivity contribution in [3.8, 4) is 17.1 Å². The van der Waals surface area contributed by atoms with Crippen molar-refractivity contribution in [2.45, 2.75) is 39.2 Å². The molecule has 0 fully saturated rings. The molecule has 0 aliphatic rings. The summed E-state index contributed by atoms with van der Waals surface area (Å²) in [6, 6.07) is 15.6. The second kappa shape index (κ2) is 14.6. The average molecular weight is 588 g/mol. The third-order valence-electron chi connectivity index (χ3n) is 6.42. The molecule has 3 aromatic rings. The summed E-state index contributed by atoms with van der Waals surface area (Å²) in [5.41, 5.74) is 1.30. The van der Waals surface area contributed by atoms with Crippen LogP contribution in [0.5, 0.6) is 5.75 Å². The van der Waals surface area contributed by atoms with Gasteiger partial charge in [0.15, 0.2) is 5.76 Å². The van der Waals surface area contributed by atoms with Gasteiger partial charge in [0.1, 0.15) is 11.5 Å². The lowest BCUT2D eigenvalue weighted by Crippen LogP contribution is -2.47. The van der Waals surface area contributed by atoms with Gasteiger partial charge in [-0.3, -0.25) is 24.2 Å². The van der Waals surface area contributed by atoms with E-state index in [2.05, 4.69) is 10.6 Å². The molecule has 0 saturated heterocycles. The molecular weight excluding hydrogens is 553 g/mol. The Hall–Kier alpha value is -3.96. The Balaban J connectivity index is 1.67. The van der Waals surface area contributed by atoms with Crippen LogP contribution in [-0.2, 0) is 20.6 Å². The topological polar surface area (TPSA) is 179 Å². The van der Waals surface area contributed by atoms with Crippen LogP contribution in [0.1, 0.15) is 42.8 Å². The summed E-state index contributed by atoms with van der Waals surface area (Å²) in [6.45, 7) is 3.51. The summed E-state index contributed by atoms with van der Waals surface area (Å²) in [6.07, 6.45) is 1.49. The van der Waals surface area contributed by atoms with E-state index in [1.165, 1.54) is 30.3 Å². The van der Waals surface area contributed by atoms with Gasteiger partial charge in [0, 0.05) is 5.56 Å². The second-order valence-corrected chi connectivity index (χ2v) is 10.8. The van der Waals surface area contributed by atoms with Crippen LogP contribution in [0, 0.1) is 5.92 Å². The number of carbonyl (C=O) groups excluding carboxylic acids is 3. The number of furan rings is 1. The summed E-state index contributed by atoms with van der Waals surface area (Å²) in [7, 11) is -4.58. The predicted molar refractivity (Wildman–Crippen MR) is 149 cm³/mol. The van der Waals surface area contributed by atoms with E-state index in [0.717, 1.165) is 5.56 Å². The molecule has 0 spiro atoms. The van der Waals surface area contributed by atoms with Gasteiger partial charge in [0.05, 0.1) is 30.5 Å². The summed E-state index contributed by atoms with van der Waals surface area (Å²) >= 11 is 0. The lowest BCUT2D eigenvalue weighted by Gasteiger charge is -2.29. The van der Waals surface area contributed by atoms with Crippen molar-refractivity contribution in [2.75, 3.05) is 13.3 Å². The minimum atomic E-state index is -4.58. The van der Waals surface area contributed by atoms with E-state index < -0.39 is 31.4 Å². The zero-order valence-electron chi connectivity index (χ0n) is 22.7. The van der Waals surface area contributed by atoms with Gasteiger partial charge in [0.2, 0.25) is 12.3 Å². The number of amides is 3. The molecule has 220 valence electrons. The normalized spacial score (nSPS) is 12.7. The van der Waals surface area contributed by atoms with E-state index in [4.69, 9.17) is 9.15 Å². The third kappa shape index (κ3) is 8.76. The number of aryl methyl sites for hydroxylation is 1. The molecule has 2 unspecified atom stereocenters. The Bertz CT molecular complexity index is 1370. The van der Waals surface area contributed by atoms with Gasteiger partial charge in [-0.2, -0.15) is 0 Å². The summed E-state index contributed by atoms with van der Waals surface area (Å²) in [5, 5.41) is 15.5. The van der Waals surface area contributed by atoms with Crippen molar-refractivity contribution < 1.29 is 43.1 Å². The van der Waals surface area contributed by atoms with Crippen LogP contribution >= 0.6 is 7.60 Å². The van der Waals surface area contributed by atoms with Gasteiger partial charge in [0.25, 0.3) is 5.91 Å². The van der Waals surface area contributed by atoms with E-state index in [1.807, 2.05) is 30.3 Å². The second-order valence-electron chi connectivity index (χ2n) is 9.17. The first-order valence-corrected chi connectivity index (χ1v) is 14.6. The van der Waals surface area contributed by atoms with Crippen molar-refractivity contribution in [3.05, 3.63) is 72.0 Å². The van der Waals surface area contributed by atoms with Crippen molar-refractivity contribution >= 4 is 31.1 Å². The first kappa shape index (κ1) is 31.6. The standard InChI is InChI=1S/C28H34N3O9P/c1-3-24(31(35)18-32)23(11-10-19-8-6-5-7-9-19)27(33)29-17-30-28(34)26-13-12-25(40-26)20-14-21(39-4-2)16-22(15-20)41(36,37)38/h5-9,12-16,18,23-24,35H,3-4,10-11,17H2,1-2H3,(H,29,33)(H,30,34)(H2,36,37,38). The smallest absolute Gasteiger partial charge is 0.356 e. The van der Waals surface area contributed by atoms with Crippen LogP contribution in [0.4, 0.5) is 0 Å². The number of rotatable bonds is 15. The lowest BCUT2D eigenvalue weighted by molar-refractivity contribution is -0.168. The fourth-order valence-electron chi connectivity index (χ4n) is 4.39. The number of carbonyl (C=O) groups is 3. The van der Waals surface area contributed by atoms with Crippen molar-refractivity contribution in [1.82, 2.24) is 15.7 Å². The average Bonchev–Trinajstić information content (AvgIpc) is 3.45. The van der Waals surface area contributed by atoms with E-state index in [0.29, 0.717) is 29.9 Å². The van der Waals surface area contributed by atoms with Gasteiger partial charge in [-0.25, -0.2) is 5.06 Å². The fraction of sp³-hybridized carbons (Fsp3) is 0.321. The molecule has 2 atom stereocenters. The highest BCUT2D eigenvalue weighted by Gasteiger charge is 2.31. The molecule has 3 amide bonds. The zero-order valence-corrected chi connectivity index (χ0v) is 23.6. The summed E-state index contributed by atoms with van der Waals surface area (Å²) < 4.78 is 22.8. The Labute approximate surface area is 237 Å². The molecule has 0 bridgehead atoms. The number of ether oxygens (including phenoxy) is 1. The first-order chi connectivity index (χ1) is 19.6. The molecule has 2 aromatic carbocycles. The van der Waals surface area contributed by atoms with Crippen LogP contribution in [0.3, 0.4) is 0 Å². The minimum absolute atomic E-state index is 0.0941. The number of nitrogens with zero attached hydrogens (tertiary/aromatic N) is 1. The summed E-state index contributed by atoms with van der Waals surface area (Å²) in [4.78, 5) is 56.2. The third-order valence-corrected chi connectivity index (χ3v) is 7.35. The number of hydroxylamine groups is 2. The molecule has 5 N–H and O–H groups in total. The van der Waals surface area contributed by atoms with Crippen molar-refractivity contribution in [2.24, 2.45) is 5.92 Å². The van der Waals surface area contributed by atoms with Crippen LogP contribution < -0.4 is 20.7 Å². The summed E-state index contributed by atoms with van der Waals surface area (Å²) in [5.74, 6) is -1.52. The van der Waals surface area contributed by atoms with Crippen LogP contribution in [0.25, 0.3) is 11.3 Å². The molecule has 0 aliphatic carbocycles. The van der Waals surface area contributed by atoms with E-state index in [-0.39, 0.29) is 42.3 Å². The maximum atomic E-state index is 13.1. The maximum absolute atomic E-state index is 13.1. The molecule has 0 aliphatic heterocycles. The SMILES string of the molecule is CCOc1cc(-c2ccc(C(=O)NCNC(=O)C(CCc3ccccc3)C(CC)N(O)C=O)o2)cc(P(=O)(O)O)c1. The molecule has 1 heterocycles. The fourth-order valence-corrected chi connectivity index (χ4v) is 4.99. The highest BCUT2D eigenvalue weighted by atomic mass is 31.2. The highest BCUT2D eigenvalue weighted by Crippen LogP contribution is 2.37. The minimum Gasteiger partial charge on any atom is -0.494 e. The number of hydrogen-bond acceptors (Lipinski definition) is 7. The van der Waals surface area contributed by atoms with Crippen molar-refractivity contribution in [1.29, 1.82) is 0 Å². The monoisotopic (exact) mass is 587 g/mol. The van der Waals surface area contributed by atoms with Gasteiger partial charge in [-0.15, -0.1) is 0 Å². The molecule has 13 heteroatoms. The van der Waals surface area contributed by atoms with Gasteiger partial charge >= 0.3 is 7.60 Å². The largest absolute Gasteiger partial charge is 0.494 e. The predicted octanol–water partition coefficient (Wildman–Crippen LogP) is 2.83. The molecular formula is C28H34N3O9P. The zero-order chi connectivity index (χ0) is 30.0. The highest BCUT2D eigenvalue weighted by molar-refractivity contribution is 7.60. The maximum Gasteiger partial charge on any atom is 0.356 e. The Morgan fingerprint density at radius 2 is 1.80 bits per heavy atom. The van der Waals surface area contributed by atoms with E-state index in [1.54, 1.807) is 13.8 Å². The van der Waals surface area contributed by atoms with E-state index >= 15 is 0 Å². The Morgan fingerprint density at radius 3 is 2.44 bits per heavy atom. The molecule has 12 nitrogen and oxygen atoms in total. The Kier molecular flexibility index (Phi) is 11.2. The van der Waals surface area contributed by atoms with E-state index in [9.17, 15) is 33.9 Å². The molecule has 0 radical (unpaired) electrons. The quantitative estimate of drug-likeness (QED) is 0.0588. The van der Waals surface area contributed by atoms with Crippen LogP contribution in [-0.4, -0.2) is 57.6 Å². The number of hydrogen-bond donors (Lipinski definition) is 5. The van der Waals surface area contributed by atoms with Gasteiger partial charge < -0.3 is 29.6 Å². The first-order valence-electron chi connectivity index (χ1n) is 13.0. The number of nitrogens with one attached hydrogen (secondary N) is 2. The van der Waals surface area contributed by atoms with Gasteiger partial charge in [-0.1, -0.05) is 37.3 Å². The van der Waals surface area contributed by atoms with Gasteiger partial charge in [-0.05, 0) is 62.1 Å². The Morgan fingerprint density at radius 1 is 1.07 bits per heavy atom. The molecule has 41 heavy (non-hydrogen) atoms. The van der Waals surface area contributed by atoms with Crippen LogP contribution in [0.15, 0.2) is 65.1 Å². The van der Waals surface area contributed by atoms with Crippen molar-refractivity contribution in [3.63, 3.8) is 0 Å². The molecule has 1 aromatic heterocycles. The molecule has 0 saturated carbocycles. The lowest BCUT2D eigenvalue weighted by atomic mass is 9.90. The van der Waals surface area contributed by atoms with Crippen LogP contribution in [0.2, 0.25) is 0 Å². The molecule has 3 rings (SSSR count). The number of benzene rings is 2.